The third-order valence-electron chi connectivity index (χ3n) is 4.53. The molecule has 1 saturated heterocycles. The van der Waals surface area contributed by atoms with Gasteiger partial charge in [-0.05, 0) is 13.0 Å². The molecule has 10 heteroatoms. The van der Waals surface area contributed by atoms with Crippen molar-refractivity contribution in [2.24, 2.45) is 5.73 Å². The molecule has 140 valence electrons. The van der Waals surface area contributed by atoms with Crippen LogP contribution in [0.5, 0.6) is 5.75 Å². The normalized spacial score (nSPS) is 19.5. The molecule has 2 heterocycles. The van der Waals surface area contributed by atoms with Crippen molar-refractivity contribution in [1.82, 2.24) is 4.57 Å². The van der Waals surface area contributed by atoms with E-state index >= 15 is 4.39 Å². The summed E-state index contributed by atoms with van der Waals surface area (Å²) in [6.07, 6.45) is -0.872. The van der Waals surface area contributed by atoms with E-state index in [0.29, 0.717) is 0 Å². The molecule has 7 nitrogen and oxygen atoms in total. The first kappa shape index (κ1) is 18.1. The summed E-state index contributed by atoms with van der Waals surface area (Å²) in [6.45, 7) is 0.648. The van der Waals surface area contributed by atoms with Crippen molar-refractivity contribution in [1.29, 1.82) is 0 Å². The zero-order chi connectivity index (χ0) is 19.2. The Bertz CT molecular complexity index is 947. The van der Waals surface area contributed by atoms with Crippen molar-refractivity contribution in [3.63, 3.8) is 0 Å². The van der Waals surface area contributed by atoms with Crippen LogP contribution in [0.15, 0.2) is 17.1 Å². The van der Waals surface area contributed by atoms with Gasteiger partial charge in [0.2, 0.25) is 5.43 Å². The molecule has 0 bridgehead atoms. The molecule has 2 atom stereocenters. The van der Waals surface area contributed by atoms with Crippen LogP contribution in [-0.2, 0) is 6.54 Å². The van der Waals surface area contributed by atoms with Crippen molar-refractivity contribution in [2.45, 2.75) is 25.6 Å². The number of aryl methyl sites for hydroxylation is 1. The molecular weight excluding hydrogens is 355 g/mol. The molecule has 1 aliphatic rings. The number of nitrogens with zero attached hydrogens (tertiary/aromatic N) is 2. The zero-order valence-corrected chi connectivity index (χ0v) is 13.7. The fourth-order valence-electron chi connectivity index (χ4n) is 3.08. The summed E-state index contributed by atoms with van der Waals surface area (Å²) in [5, 5.41) is 8.26. The number of fused-ring (bicyclic) bond motifs is 1. The molecule has 1 fully saturated rings. The second kappa shape index (κ2) is 6.52. The number of hydrogen-bond acceptors (Lipinski definition) is 5. The highest BCUT2D eigenvalue weighted by atomic mass is 19.1. The highest BCUT2D eigenvalue weighted by Crippen LogP contribution is 2.35. The van der Waals surface area contributed by atoms with Crippen LogP contribution < -0.4 is 20.8 Å². The number of aromatic nitrogens is 1. The number of nitrogens with two attached hydrogens (primary N) is 1. The minimum atomic E-state index is -1.77. The molecule has 1 aliphatic heterocycles. The Hall–Kier alpha value is -2.75. The second-order valence-electron chi connectivity index (χ2n) is 6.05. The predicted molar refractivity (Wildman–Crippen MR) is 87.5 cm³/mol. The monoisotopic (exact) mass is 371 g/mol. The summed E-state index contributed by atoms with van der Waals surface area (Å²) < 4.78 is 47.9. The van der Waals surface area contributed by atoms with E-state index in [0.717, 1.165) is 16.8 Å². The van der Waals surface area contributed by atoms with E-state index in [1.807, 2.05) is 0 Å². The van der Waals surface area contributed by atoms with Gasteiger partial charge in [-0.15, -0.1) is 0 Å². The minimum Gasteiger partial charge on any atom is -0.449 e. The molecule has 1 aromatic heterocycles. The maximum absolute atomic E-state index is 15.1. The Kier molecular flexibility index (Phi) is 4.53. The van der Waals surface area contributed by atoms with E-state index in [-0.39, 0.29) is 36.4 Å². The van der Waals surface area contributed by atoms with Gasteiger partial charge in [0.15, 0.2) is 11.6 Å². The predicted octanol–water partition coefficient (Wildman–Crippen LogP) is 1.84. The van der Waals surface area contributed by atoms with E-state index in [1.165, 1.54) is 4.90 Å². The molecule has 2 aromatic rings. The Balaban J connectivity index is 2.28. The topological polar surface area (TPSA) is 97.8 Å². The number of hydrogen-bond donors (Lipinski definition) is 2. The number of carboxylic acid groups (broad SMARTS) is 1. The summed E-state index contributed by atoms with van der Waals surface area (Å²) in [7, 11) is 0. The maximum atomic E-state index is 15.1. The van der Waals surface area contributed by atoms with Crippen LogP contribution in [0.2, 0.25) is 0 Å². The molecule has 3 rings (SSSR count). The molecule has 0 aliphatic carbocycles. The third-order valence-corrected chi connectivity index (χ3v) is 4.53. The van der Waals surface area contributed by atoms with Crippen LogP contribution in [-0.4, -0.2) is 41.1 Å². The Morgan fingerprint density at radius 1 is 1.46 bits per heavy atom. The molecule has 0 amide bonds. The summed E-state index contributed by atoms with van der Waals surface area (Å²) in [5.41, 5.74) is 4.08. The van der Waals surface area contributed by atoms with Crippen LogP contribution in [0.3, 0.4) is 0 Å². The first-order chi connectivity index (χ1) is 12.3. The van der Waals surface area contributed by atoms with Crippen LogP contribution in [0.25, 0.3) is 10.9 Å². The van der Waals surface area contributed by atoms with E-state index < -0.39 is 41.0 Å². The van der Waals surface area contributed by atoms with Crippen molar-refractivity contribution in [3.8, 4) is 5.75 Å². The van der Waals surface area contributed by atoms with Gasteiger partial charge < -0.3 is 25.0 Å². The number of ether oxygens (including phenoxy) is 1. The van der Waals surface area contributed by atoms with Crippen molar-refractivity contribution in [3.05, 3.63) is 34.1 Å². The largest absolute Gasteiger partial charge is 0.511 e. The number of rotatable bonds is 4. The standard InChI is InChI=1S/C16H16F3N3O4/c1-7-10(20)5-22(7)14-9(18)4-8-13(12(14)19)21(3-2-17)6-11(15(8)23)26-16(24)25/h4,6-7,10H,2-3,5,20H2,1H3,(H,24,25)/t7-,10+/m1/s1. The lowest BCUT2D eigenvalue weighted by Gasteiger charge is -2.46. The van der Waals surface area contributed by atoms with Crippen LogP contribution in [0.4, 0.5) is 23.7 Å². The van der Waals surface area contributed by atoms with E-state index in [1.54, 1.807) is 6.92 Å². The Morgan fingerprint density at radius 2 is 2.15 bits per heavy atom. The fourth-order valence-corrected chi connectivity index (χ4v) is 3.08. The molecule has 3 N–H and O–H groups in total. The van der Waals surface area contributed by atoms with Crippen molar-refractivity contribution >= 4 is 22.7 Å². The van der Waals surface area contributed by atoms with Gasteiger partial charge in [0, 0.05) is 18.6 Å². The molecule has 0 radical (unpaired) electrons. The average molecular weight is 371 g/mol. The van der Waals surface area contributed by atoms with Gasteiger partial charge in [0.05, 0.1) is 23.6 Å². The lowest BCUT2D eigenvalue weighted by Crippen LogP contribution is -2.63. The summed E-state index contributed by atoms with van der Waals surface area (Å²) in [4.78, 5) is 24.5. The van der Waals surface area contributed by atoms with Gasteiger partial charge in [-0.2, -0.15) is 0 Å². The first-order valence-electron chi connectivity index (χ1n) is 7.80. The smallest absolute Gasteiger partial charge is 0.449 e. The van der Waals surface area contributed by atoms with E-state index in [9.17, 15) is 18.4 Å². The van der Waals surface area contributed by atoms with E-state index in [2.05, 4.69) is 4.74 Å². The highest BCUT2D eigenvalue weighted by Gasteiger charge is 2.37. The zero-order valence-electron chi connectivity index (χ0n) is 13.7. The van der Waals surface area contributed by atoms with Gasteiger partial charge in [0.1, 0.15) is 18.2 Å². The first-order valence-corrected chi connectivity index (χ1v) is 7.80. The molecule has 0 saturated carbocycles. The number of alkyl halides is 1. The second-order valence-corrected chi connectivity index (χ2v) is 6.05. The van der Waals surface area contributed by atoms with Gasteiger partial charge in [-0.25, -0.2) is 18.0 Å². The molecule has 1 aromatic carbocycles. The van der Waals surface area contributed by atoms with Crippen molar-refractivity contribution < 1.29 is 27.8 Å². The van der Waals surface area contributed by atoms with Crippen molar-refractivity contribution in [2.75, 3.05) is 18.1 Å². The molecular formula is C16H16F3N3O4. The minimum absolute atomic E-state index is 0.230. The van der Waals surface area contributed by atoms with Gasteiger partial charge in [0.25, 0.3) is 0 Å². The van der Waals surface area contributed by atoms with Crippen LogP contribution in [0, 0.1) is 11.6 Å². The molecule has 26 heavy (non-hydrogen) atoms. The molecule has 0 spiro atoms. The molecule has 0 unspecified atom stereocenters. The number of pyridine rings is 1. The van der Waals surface area contributed by atoms with Gasteiger partial charge in [-0.1, -0.05) is 0 Å². The summed E-state index contributed by atoms with van der Waals surface area (Å²) >= 11 is 0. The SMILES string of the molecule is C[C@@H]1[C@@H](N)CN1c1c(F)cc2c(=O)c(OC(=O)O)cn(CCF)c2c1F. The maximum Gasteiger partial charge on any atom is 0.511 e. The fraction of sp³-hybridized carbons (Fsp3) is 0.375. The number of anilines is 1. The lowest BCUT2D eigenvalue weighted by atomic mass is 9.97. The van der Waals surface area contributed by atoms with Crippen LogP contribution in [0.1, 0.15) is 6.92 Å². The van der Waals surface area contributed by atoms with Crippen LogP contribution >= 0.6 is 0 Å². The lowest BCUT2D eigenvalue weighted by molar-refractivity contribution is 0.143. The van der Waals surface area contributed by atoms with E-state index in [4.69, 9.17) is 10.8 Å². The Labute approximate surface area is 145 Å². The van der Waals surface area contributed by atoms with Gasteiger partial charge in [-0.3, -0.25) is 4.79 Å². The number of carbonyl (C=O) groups is 1. The summed E-state index contributed by atoms with van der Waals surface area (Å²) in [6, 6.07) is 0.243. The summed E-state index contributed by atoms with van der Waals surface area (Å²) in [5.74, 6) is -2.69. The van der Waals surface area contributed by atoms with Gasteiger partial charge >= 0.3 is 6.16 Å². The Morgan fingerprint density at radius 3 is 2.69 bits per heavy atom. The average Bonchev–Trinajstić information content (AvgIpc) is 2.57. The number of benzene rings is 1. The quantitative estimate of drug-likeness (QED) is 0.796. The third kappa shape index (κ3) is 2.75. The number of halogens is 3. The highest BCUT2D eigenvalue weighted by molar-refractivity contribution is 5.86.